The van der Waals surface area contributed by atoms with Crippen LogP contribution in [0.3, 0.4) is 0 Å². The van der Waals surface area contributed by atoms with Crippen LogP contribution in [0.1, 0.15) is 11.7 Å². The van der Waals surface area contributed by atoms with Gasteiger partial charge in [0.25, 0.3) is 0 Å². The van der Waals surface area contributed by atoms with Crippen molar-refractivity contribution in [3.05, 3.63) is 34.6 Å². The van der Waals surface area contributed by atoms with E-state index in [-0.39, 0.29) is 0 Å². The van der Waals surface area contributed by atoms with E-state index in [0.29, 0.717) is 5.89 Å². The van der Waals surface area contributed by atoms with Crippen molar-refractivity contribution in [2.24, 2.45) is 0 Å². The Morgan fingerprint density at radius 2 is 2.38 bits per heavy atom. The predicted octanol–water partition coefficient (Wildman–Crippen LogP) is 2.19. The van der Waals surface area contributed by atoms with Gasteiger partial charge in [0.2, 0.25) is 5.89 Å². The molecule has 6 heteroatoms. The maximum Gasteiger partial charge on any atom is 0.223 e. The third-order valence-corrected chi connectivity index (χ3v) is 2.64. The van der Waals surface area contributed by atoms with Crippen molar-refractivity contribution in [3.63, 3.8) is 0 Å². The van der Waals surface area contributed by atoms with E-state index in [1.54, 1.807) is 19.3 Å². The Balaban J connectivity index is 1.87. The molecule has 0 saturated carbocycles. The van der Waals surface area contributed by atoms with Crippen molar-refractivity contribution in [2.45, 2.75) is 13.3 Å². The zero-order valence-electron chi connectivity index (χ0n) is 8.77. The second-order valence-electron chi connectivity index (χ2n) is 3.26. The van der Waals surface area contributed by atoms with Gasteiger partial charge in [-0.3, -0.25) is 4.98 Å². The standard InChI is InChI=1S/C10H11BrN4O/c1-7-14-10(15-16-7)3-5-13-9-2-4-12-6-8(9)11/h2,4,6H,3,5H2,1H3,(H,12,13). The highest BCUT2D eigenvalue weighted by Crippen LogP contribution is 2.19. The zero-order valence-corrected chi connectivity index (χ0v) is 10.4. The van der Waals surface area contributed by atoms with Gasteiger partial charge in [-0.25, -0.2) is 0 Å². The molecule has 0 aliphatic rings. The SMILES string of the molecule is Cc1nc(CCNc2ccncc2Br)no1. The molecule has 0 radical (unpaired) electrons. The van der Waals surface area contributed by atoms with E-state index < -0.39 is 0 Å². The predicted molar refractivity (Wildman–Crippen MR) is 63.2 cm³/mol. The smallest absolute Gasteiger partial charge is 0.223 e. The Bertz CT molecular complexity index is 471. The molecule has 0 spiro atoms. The lowest BCUT2D eigenvalue weighted by atomic mass is 10.3. The van der Waals surface area contributed by atoms with Gasteiger partial charge in [-0.1, -0.05) is 5.16 Å². The molecule has 2 rings (SSSR count). The Labute approximate surface area is 101 Å². The van der Waals surface area contributed by atoms with Crippen molar-refractivity contribution in [3.8, 4) is 0 Å². The van der Waals surface area contributed by atoms with E-state index in [0.717, 1.165) is 29.0 Å². The summed E-state index contributed by atoms with van der Waals surface area (Å²) in [5, 5.41) is 7.08. The molecule has 2 heterocycles. The second kappa shape index (κ2) is 5.07. The van der Waals surface area contributed by atoms with E-state index in [1.807, 2.05) is 6.07 Å². The molecule has 1 N–H and O–H groups in total. The van der Waals surface area contributed by atoms with Crippen LogP contribution in [0.4, 0.5) is 5.69 Å². The average molecular weight is 283 g/mol. The van der Waals surface area contributed by atoms with Crippen LogP contribution < -0.4 is 5.32 Å². The van der Waals surface area contributed by atoms with Gasteiger partial charge < -0.3 is 9.84 Å². The van der Waals surface area contributed by atoms with Gasteiger partial charge in [0, 0.05) is 32.3 Å². The molecule has 0 amide bonds. The highest BCUT2D eigenvalue weighted by molar-refractivity contribution is 9.10. The van der Waals surface area contributed by atoms with Crippen molar-refractivity contribution in [2.75, 3.05) is 11.9 Å². The number of aryl methyl sites for hydroxylation is 1. The Kier molecular flexibility index (Phi) is 3.51. The second-order valence-corrected chi connectivity index (χ2v) is 4.12. The highest BCUT2D eigenvalue weighted by Gasteiger charge is 2.02. The molecule has 0 saturated heterocycles. The summed E-state index contributed by atoms with van der Waals surface area (Å²) in [5.74, 6) is 1.32. The summed E-state index contributed by atoms with van der Waals surface area (Å²) in [6.07, 6.45) is 4.22. The van der Waals surface area contributed by atoms with Gasteiger partial charge in [-0.05, 0) is 22.0 Å². The van der Waals surface area contributed by atoms with Gasteiger partial charge in [-0.2, -0.15) is 4.98 Å². The normalized spacial score (nSPS) is 10.4. The first-order chi connectivity index (χ1) is 7.75. The van der Waals surface area contributed by atoms with Crippen LogP contribution in [0.2, 0.25) is 0 Å². The maximum atomic E-state index is 4.88. The number of rotatable bonds is 4. The quantitative estimate of drug-likeness (QED) is 0.931. The highest BCUT2D eigenvalue weighted by atomic mass is 79.9. The Morgan fingerprint density at radius 3 is 3.06 bits per heavy atom. The largest absolute Gasteiger partial charge is 0.384 e. The summed E-state index contributed by atoms with van der Waals surface area (Å²) in [4.78, 5) is 8.11. The monoisotopic (exact) mass is 282 g/mol. The molecular formula is C10H11BrN4O. The topological polar surface area (TPSA) is 63.8 Å². The molecule has 0 aromatic carbocycles. The lowest BCUT2D eigenvalue weighted by molar-refractivity contribution is 0.387. The zero-order chi connectivity index (χ0) is 11.4. The Morgan fingerprint density at radius 1 is 1.50 bits per heavy atom. The van der Waals surface area contributed by atoms with Gasteiger partial charge >= 0.3 is 0 Å². The summed E-state index contributed by atoms with van der Waals surface area (Å²) in [6.45, 7) is 2.53. The van der Waals surface area contributed by atoms with Crippen molar-refractivity contribution < 1.29 is 4.52 Å². The lowest BCUT2D eigenvalue weighted by Crippen LogP contribution is -2.06. The van der Waals surface area contributed by atoms with Gasteiger partial charge in [-0.15, -0.1) is 0 Å². The van der Waals surface area contributed by atoms with E-state index in [2.05, 4.69) is 36.4 Å². The summed E-state index contributed by atoms with van der Waals surface area (Å²) < 4.78 is 5.83. The molecular weight excluding hydrogens is 272 g/mol. The van der Waals surface area contributed by atoms with Crippen molar-refractivity contribution >= 4 is 21.6 Å². The molecule has 0 aliphatic heterocycles. The third kappa shape index (κ3) is 2.79. The van der Waals surface area contributed by atoms with Crippen molar-refractivity contribution in [1.29, 1.82) is 0 Å². The van der Waals surface area contributed by atoms with Crippen LogP contribution in [0, 0.1) is 6.92 Å². The minimum absolute atomic E-state index is 0.597. The fraction of sp³-hybridized carbons (Fsp3) is 0.300. The van der Waals surface area contributed by atoms with Crippen LogP contribution >= 0.6 is 15.9 Å². The van der Waals surface area contributed by atoms with Gasteiger partial charge in [0.05, 0.1) is 10.2 Å². The number of nitrogens with zero attached hydrogens (tertiary/aromatic N) is 3. The number of aromatic nitrogens is 3. The molecule has 0 aliphatic carbocycles. The number of halogens is 1. The fourth-order valence-electron chi connectivity index (χ4n) is 1.27. The lowest BCUT2D eigenvalue weighted by Gasteiger charge is -2.05. The van der Waals surface area contributed by atoms with Crippen LogP contribution in [0.5, 0.6) is 0 Å². The molecule has 84 valence electrons. The van der Waals surface area contributed by atoms with E-state index >= 15 is 0 Å². The number of nitrogens with one attached hydrogen (secondary N) is 1. The molecule has 0 bridgehead atoms. The summed E-state index contributed by atoms with van der Waals surface area (Å²) in [6, 6.07) is 1.91. The number of anilines is 1. The van der Waals surface area contributed by atoms with Crippen LogP contribution in [0.25, 0.3) is 0 Å². The first kappa shape index (κ1) is 11.1. The fourth-order valence-corrected chi connectivity index (χ4v) is 1.66. The number of hydrogen-bond donors (Lipinski definition) is 1. The van der Waals surface area contributed by atoms with Crippen LogP contribution in [-0.2, 0) is 6.42 Å². The van der Waals surface area contributed by atoms with Gasteiger partial charge in [0.15, 0.2) is 5.82 Å². The van der Waals surface area contributed by atoms with E-state index in [9.17, 15) is 0 Å². The summed E-state index contributed by atoms with van der Waals surface area (Å²) in [5.41, 5.74) is 1.01. The van der Waals surface area contributed by atoms with Crippen LogP contribution in [-0.4, -0.2) is 21.7 Å². The van der Waals surface area contributed by atoms with Crippen molar-refractivity contribution in [1.82, 2.24) is 15.1 Å². The minimum Gasteiger partial charge on any atom is -0.384 e. The van der Waals surface area contributed by atoms with E-state index in [4.69, 9.17) is 4.52 Å². The number of pyridine rings is 1. The molecule has 2 aromatic heterocycles. The molecule has 2 aromatic rings. The third-order valence-electron chi connectivity index (χ3n) is 2.01. The minimum atomic E-state index is 0.597. The Hall–Kier alpha value is -1.43. The molecule has 5 nitrogen and oxygen atoms in total. The molecule has 0 unspecified atom stereocenters. The van der Waals surface area contributed by atoms with Crippen LogP contribution in [0.15, 0.2) is 27.5 Å². The molecule has 0 atom stereocenters. The summed E-state index contributed by atoms with van der Waals surface area (Å²) >= 11 is 3.41. The average Bonchev–Trinajstić information content (AvgIpc) is 2.67. The number of hydrogen-bond acceptors (Lipinski definition) is 5. The first-order valence-corrected chi connectivity index (χ1v) is 5.67. The molecule has 0 fully saturated rings. The molecule has 16 heavy (non-hydrogen) atoms. The first-order valence-electron chi connectivity index (χ1n) is 4.88. The van der Waals surface area contributed by atoms with E-state index in [1.165, 1.54) is 0 Å². The summed E-state index contributed by atoms with van der Waals surface area (Å²) in [7, 11) is 0. The maximum absolute atomic E-state index is 4.88. The van der Waals surface area contributed by atoms with Gasteiger partial charge in [0.1, 0.15) is 0 Å².